The van der Waals surface area contributed by atoms with Crippen LogP contribution >= 0.6 is 11.3 Å². The van der Waals surface area contributed by atoms with E-state index in [1.54, 1.807) is 31.5 Å². The van der Waals surface area contributed by atoms with Gasteiger partial charge in [-0.25, -0.2) is 4.98 Å². The summed E-state index contributed by atoms with van der Waals surface area (Å²) in [6.45, 7) is 0.354. The Morgan fingerprint density at radius 2 is 1.56 bits per heavy atom. The van der Waals surface area contributed by atoms with Crippen LogP contribution in [0.3, 0.4) is 0 Å². The van der Waals surface area contributed by atoms with Crippen molar-refractivity contribution in [1.29, 1.82) is 0 Å². The Bertz CT molecular complexity index is 1430. The minimum Gasteiger partial charge on any atom is -0.493 e. The molecule has 0 saturated heterocycles. The first-order valence-electron chi connectivity index (χ1n) is 11.5. The van der Waals surface area contributed by atoms with E-state index in [1.807, 2.05) is 66.7 Å². The van der Waals surface area contributed by atoms with Crippen LogP contribution in [0.2, 0.25) is 0 Å². The third kappa shape index (κ3) is 5.06. The number of benzene rings is 3. The van der Waals surface area contributed by atoms with Gasteiger partial charge < -0.3 is 9.47 Å². The first-order valence-corrected chi connectivity index (χ1v) is 12.3. The molecule has 0 fully saturated rings. The molecule has 0 saturated carbocycles. The van der Waals surface area contributed by atoms with Crippen LogP contribution in [0.1, 0.15) is 27.0 Å². The first kappa shape index (κ1) is 23.5. The van der Waals surface area contributed by atoms with E-state index in [-0.39, 0.29) is 5.91 Å². The van der Waals surface area contributed by atoms with Crippen molar-refractivity contribution in [3.05, 3.63) is 114 Å². The van der Waals surface area contributed by atoms with Crippen LogP contribution in [0.4, 0.5) is 5.13 Å². The van der Waals surface area contributed by atoms with Gasteiger partial charge in [0.25, 0.3) is 5.91 Å². The van der Waals surface area contributed by atoms with E-state index in [9.17, 15) is 4.79 Å². The Morgan fingerprint density at radius 3 is 2.25 bits per heavy atom. The van der Waals surface area contributed by atoms with Gasteiger partial charge in [-0.05, 0) is 41.3 Å². The van der Waals surface area contributed by atoms with E-state index in [1.165, 1.54) is 16.9 Å². The zero-order valence-corrected chi connectivity index (χ0v) is 20.9. The van der Waals surface area contributed by atoms with Gasteiger partial charge in [-0.15, -0.1) is 0 Å². The number of fused-ring (bicyclic) bond motifs is 1. The normalized spacial score (nSPS) is 10.8. The van der Waals surface area contributed by atoms with Gasteiger partial charge in [0.1, 0.15) is 0 Å². The summed E-state index contributed by atoms with van der Waals surface area (Å²) in [6.07, 6.45) is 4.30. The molecule has 0 bridgehead atoms. The van der Waals surface area contributed by atoms with Crippen molar-refractivity contribution >= 4 is 32.6 Å². The van der Waals surface area contributed by atoms with Crippen molar-refractivity contribution in [2.75, 3.05) is 19.1 Å². The first-order chi connectivity index (χ1) is 17.6. The number of anilines is 1. The number of pyridine rings is 1. The van der Waals surface area contributed by atoms with E-state index in [2.05, 4.69) is 17.1 Å². The fourth-order valence-electron chi connectivity index (χ4n) is 4.01. The number of hydrogen-bond donors (Lipinski definition) is 0. The minimum absolute atomic E-state index is 0.122. The van der Waals surface area contributed by atoms with Gasteiger partial charge in [0, 0.05) is 30.1 Å². The van der Waals surface area contributed by atoms with E-state index in [0.29, 0.717) is 28.7 Å². The van der Waals surface area contributed by atoms with Crippen molar-refractivity contribution in [2.24, 2.45) is 0 Å². The van der Waals surface area contributed by atoms with E-state index >= 15 is 0 Å². The number of hydrogen-bond acceptors (Lipinski definition) is 6. The maximum atomic E-state index is 13.8. The number of amides is 1. The van der Waals surface area contributed by atoms with E-state index in [4.69, 9.17) is 14.5 Å². The second kappa shape index (κ2) is 10.6. The molecule has 5 rings (SSSR count). The van der Waals surface area contributed by atoms with Crippen LogP contribution < -0.4 is 14.4 Å². The highest BCUT2D eigenvalue weighted by Crippen LogP contribution is 2.38. The van der Waals surface area contributed by atoms with Crippen molar-refractivity contribution in [2.45, 2.75) is 13.0 Å². The van der Waals surface area contributed by atoms with Crippen molar-refractivity contribution in [1.82, 2.24) is 9.97 Å². The number of methoxy groups -OCH3 is 2. The SMILES string of the molecule is COc1cc2nc(N(Cc3cccnc3)C(=O)c3ccc(Cc4ccccc4)cc3)sc2cc1OC. The lowest BCUT2D eigenvalue weighted by atomic mass is 10.0. The topological polar surface area (TPSA) is 64.5 Å². The molecule has 2 heterocycles. The van der Waals surface area contributed by atoms with Crippen LogP contribution in [0, 0.1) is 0 Å². The number of carbonyl (C=O) groups excluding carboxylic acids is 1. The molecule has 2 aromatic heterocycles. The summed E-state index contributed by atoms with van der Waals surface area (Å²) in [5.74, 6) is 1.10. The zero-order valence-electron chi connectivity index (χ0n) is 20.0. The van der Waals surface area contributed by atoms with E-state index < -0.39 is 0 Å². The lowest BCUT2D eigenvalue weighted by Gasteiger charge is -2.20. The molecule has 5 aromatic rings. The molecule has 180 valence electrons. The standard InChI is InChI=1S/C29H25N3O3S/c1-34-25-16-24-27(17-26(25)35-2)36-29(31-24)32(19-22-9-6-14-30-18-22)28(33)23-12-10-21(11-13-23)15-20-7-4-3-5-8-20/h3-14,16-18H,15,19H2,1-2H3. The van der Waals surface area contributed by atoms with Crippen LogP contribution in [0.5, 0.6) is 11.5 Å². The Morgan fingerprint density at radius 1 is 0.861 bits per heavy atom. The summed E-state index contributed by atoms with van der Waals surface area (Å²) >= 11 is 1.44. The molecule has 0 aliphatic rings. The molecule has 0 N–H and O–H groups in total. The van der Waals surface area contributed by atoms with Crippen LogP contribution in [-0.4, -0.2) is 30.1 Å². The predicted octanol–water partition coefficient (Wildman–Crippen LogP) is 6.15. The molecular formula is C29H25N3O3S. The molecule has 0 spiro atoms. The fourth-order valence-corrected chi connectivity index (χ4v) is 4.98. The molecule has 0 aliphatic carbocycles. The molecular weight excluding hydrogens is 470 g/mol. The molecule has 1 amide bonds. The molecule has 0 atom stereocenters. The highest BCUT2D eigenvalue weighted by atomic mass is 32.1. The molecule has 7 heteroatoms. The summed E-state index contributed by atoms with van der Waals surface area (Å²) in [5.41, 5.74) is 4.65. The zero-order chi connectivity index (χ0) is 24.9. The fraction of sp³-hybridized carbons (Fsp3) is 0.138. The second-order valence-electron chi connectivity index (χ2n) is 8.28. The largest absolute Gasteiger partial charge is 0.493 e. The Labute approximate surface area is 213 Å². The second-order valence-corrected chi connectivity index (χ2v) is 9.29. The van der Waals surface area contributed by atoms with Crippen molar-refractivity contribution < 1.29 is 14.3 Å². The van der Waals surface area contributed by atoms with Gasteiger partial charge in [-0.3, -0.25) is 14.7 Å². The maximum Gasteiger partial charge on any atom is 0.260 e. The van der Waals surface area contributed by atoms with Crippen LogP contribution in [-0.2, 0) is 13.0 Å². The third-order valence-corrected chi connectivity index (χ3v) is 6.92. The van der Waals surface area contributed by atoms with Gasteiger partial charge in [-0.1, -0.05) is 59.9 Å². The summed E-state index contributed by atoms with van der Waals surface area (Å²) in [7, 11) is 3.20. The molecule has 3 aromatic carbocycles. The summed E-state index contributed by atoms with van der Waals surface area (Å²) in [6, 6.07) is 25.6. The molecule has 36 heavy (non-hydrogen) atoms. The summed E-state index contributed by atoms with van der Waals surface area (Å²) < 4.78 is 11.8. The van der Waals surface area contributed by atoms with E-state index in [0.717, 1.165) is 27.8 Å². The molecule has 6 nitrogen and oxygen atoms in total. The minimum atomic E-state index is -0.122. The Hall–Kier alpha value is -4.23. The average Bonchev–Trinajstić information content (AvgIpc) is 3.34. The predicted molar refractivity (Wildman–Crippen MR) is 143 cm³/mol. The van der Waals surface area contributed by atoms with Gasteiger partial charge in [0.05, 0.1) is 31.0 Å². The quantitative estimate of drug-likeness (QED) is 0.258. The molecule has 0 aliphatic heterocycles. The number of thiazole rings is 1. The molecule has 0 unspecified atom stereocenters. The number of ether oxygens (including phenoxy) is 2. The highest BCUT2D eigenvalue weighted by Gasteiger charge is 2.23. The average molecular weight is 496 g/mol. The summed E-state index contributed by atoms with van der Waals surface area (Å²) in [5, 5.41) is 0.600. The lowest BCUT2D eigenvalue weighted by Crippen LogP contribution is -2.30. The highest BCUT2D eigenvalue weighted by molar-refractivity contribution is 7.22. The van der Waals surface area contributed by atoms with Gasteiger partial charge >= 0.3 is 0 Å². The lowest BCUT2D eigenvalue weighted by molar-refractivity contribution is 0.0985. The van der Waals surface area contributed by atoms with Crippen molar-refractivity contribution in [3.63, 3.8) is 0 Å². The van der Waals surface area contributed by atoms with Gasteiger partial charge in [0.15, 0.2) is 16.6 Å². The Kier molecular flexibility index (Phi) is 6.91. The monoisotopic (exact) mass is 495 g/mol. The smallest absolute Gasteiger partial charge is 0.260 e. The van der Waals surface area contributed by atoms with Gasteiger partial charge in [0.2, 0.25) is 0 Å². The van der Waals surface area contributed by atoms with Crippen LogP contribution in [0.25, 0.3) is 10.2 Å². The van der Waals surface area contributed by atoms with Crippen molar-refractivity contribution in [3.8, 4) is 11.5 Å². The number of aromatic nitrogens is 2. The molecule has 0 radical (unpaired) electrons. The maximum absolute atomic E-state index is 13.8. The number of rotatable bonds is 8. The van der Waals surface area contributed by atoms with Gasteiger partial charge in [-0.2, -0.15) is 0 Å². The number of nitrogens with zero attached hydrogens (tertiary/aromatic N) is 3. The third-order valence-electron chi connectivity index (χ3n) is 5.87. The number of carbonyl (C=O) groups is 1. The summed E-state index contributed by atoms with van der Waals surface area (Å²) in [4.78, 5) is 24.5. The Balaban J connectivity index is 1.48. The van der Waals surface area contributed by atoms with Crippen LogP contribution in [0.15, 0.2) is 91.3 Å².